The first-order valence-corrected chi connectivity index (χ1v) is 39.5. The Balaban J connectivity index is 0.000000135. The summed E-state index contributed by atoms with van der Waals surface area (Å²) in [7, 11) is 0. The number of nitrogens with one attached hydrogen (secondary N) is 3. The summed E-state index contributed by atoms with van der Waals surface area (Å²) < 4.78 is 5.90. The van der Waals surface area contributed by atoms with Crippen LogP contribution in [0.15, 0.2) is 96.0 Å². The third-order valence-electron chi connectivity index (χ3n) is 21.3. The Bertz CT molecular complexity index is 4310. The minimum absolute atomic E-state index is 0.0746. The van der Waals surface area contributed by atoms with Crippen LogP contribution >= 0.6 is 58.0 Å². The zero-order valence-corrected chi connectivity index (χ0v) is 66.3. The minimum atomic E-state index is -0.902. The van der Waals surface area contributed by atoms with Crippen molar-refractivity contribution in [3.63, 3.8) is 0 Å². The minimum Gasteiger partial charge on any atom is -0.494 e. The summed E-state index contributed by atoms with van der Waals surface area (Å²) in [6, 6.07) is 28.2. The van der Waals surface area contributed by atoms with Gasteiger partial charge < -0.3 is 30.1 Å². The van der Waals surface area contributed by atoms with Crippen LogP contribution in [0.4, 0.5) is 11.4 Å². The molecule has 6 aromatic rings. The van der Waals surface area contributed by atoms with Crippen LogP contribution in [0.5, 0.6) is 5.75 Å². The second-order valence-electron chi connectivity index (χ2n) is 30.9. The Morgan fingerprint density at radius 2 is 1.30 bits per heavy atom. The maximum absolute atomic E-state index is 13.3. The Hall–Kier alpha value is -7.19. The van der Waals surface area contributed by atoms with Gasteiger partial charge in [-0.1, -0.05) is 87.3 Å². The molecule has 564 valence electrons. The summed E-state index contributed by atoms with van der Waals surface area (Å²) in [5, 5.41) is 11.8. The first-order chi connectivity index (χ1) is 50.5. The highest BCUT2D eigenvalue weighted by Crippen LogP contribution is 2.43. The van der Waals surface area contributed by atoms with Crippen molar-refractivity contribution < 1.29 is 38.3 Å². The predicted octanol–water partition coefficient (Wildman–Crippen LogP) is 16.2. The SMILES string of the molecule is Cc1cc(Cl)c(CC2=NCCC2)c(Cl)c1.Cc1cc(Cl)c(Cl)c(N2CCN(CCCCOc3ccc4c(c3)NC(=O)CC4)CC2)c1.Cc1cc(Cl)cc(C(=O)C(C)NC(C)(C)C)c1.Cc1cc2c3c(c1)C(=O)N(C1CN4CCC1CC4)C[C@@H]3CCC2.Cc1ccc2c(c1)C(=O)N(C1CCC(=O)NC1=O)C2=O. The number of ketones is 1. The topological polar surface area (TPSA) is 193 Å². The molecule has 16 rings (SSSR count). The Labute approximate surface area is 649 Å². The number of halogens is 5. The number of carbonyl (C=O) groups is 7. The molecule has 3 N–H and O–H groups in total. The van der Waals surface area contributed by atoms with Crippen molar-refractivity contribution in [3.05, 3.63) is 188 Å². The Morgan fingerprint density at radius 1 is 0.623 bits per heavy atom. The smallest absolute Gasteiger partial charge is 0.262 e. The molecule has 106 heavy (non-hydrogen) atoms. The molecule has 3 unspecified atom stereocenters. The molecule has 9 heterocycles. The van der Waals surface area contributed by atoms with Crippen LogP contribution in [0.3, 0.4) is 0 Å². The number of Topliss-reactive ketones (excluding diaryl/α,β-unsaturated/α-hetero) is 1. The molecule has 10 aliphatic rings. The van der Waals surface area contributed by atoms with Crippen molar-refractivity contribution in [2.24, 2.45) is 10.9 Å². The number of carbonyl (C=O) groups excluding carboxylic acids is 7. The number of hydrogen-bond donors (Lipinski definition) is 3. The number of unbranched alkanes of at least 4 members (excludes halogenated alkanes) is 1. The molecule has 1 aliphatic carbocycles. The molecule has 22 heteroatoms. The largest absolute Gasteiger partial charge is 0.494 e. The van der Waals surface area contributed by atoms with Crippen molar-refractivity contribution in [1.82, 2.24) is 30.2 Å². The van der Waals surface area contributed by atoms with E-state index >= 15 is 0 Å². The van der Waals surface area contributed by atoms with Gasteiger partial charge in [0.2, 0.25) is 17.7 Å². The third-order valence-corrected chi connectivity index (χ3v) is 23.0. The molecule has 9 aliphatic heterocycles. The monoisotopic (exact) mass is 1540 g/mol. The third kappa shape index (κ3) is 20.0. The number of imide groups is 2. The zero-order chi connectivity index (χ0) is 75.8. The molecule has 0 spiro atoms. The van der Waals surface area contributed by atoms with E-state index in [4.69, 9.17) is 62.7 Å². The van der Waals surface area contributed by atoms with E-state index in [0.717, 1.165) is 169 Å². The van der Waals surface area contributed by atoms with E-state index in [1.165, 1.54) is 66.7 Å². The molecule has 5 fully saturated rings. The first-order valence-electron chi connectivity index (χ1n) is 37.6. The summed E-state index contributed by atoms with van der Waals surface area (Å²) in [6.45, 7) is 29.2. The lowest BCUT2D eigenvalue weighted by Crippen LogP contribution is -2.60. The zero-order valence-electron chi connectivity index (χ0n) is 62.6. The van der Waals surface area contributed by atoms with Gasteiger partial charge in [0, 0.05) is 126 Å². The van der Waals surface area contributed by atoms with Gasteiger partial charge in [-0.3, -0.25) is 53.7 Å². The van der Waals surface area contributed by atoms with E-state index in [-0.39, 0.29) is 42.0 Å². The number of hydrogen-bond acceptors (Lipinski definition) is 13. The number of fused-ring (bicyclic) bond motifs is 5. The van der Waals surface area contributed by atoms with Gasteiger partial charge in [0.25, 0.3) is 17.7 Å². The number of benzene rings is 6. The number of ether oxygens (including phenoxy) is 1. The van der Waals surface area contributed by atoms with Crippen molar-refractivity contribution in [2.75, 3.05) is 82.3 Å². The Morgan fingerprint density at radius 3 is 1.98 bits per heavy atom. The normalized spacial score (nSPS) is 21.1. The summed E-state index contributed by atoms with van der Waals surface area (Å²) >= 11 is 31.0. The van der Waals surface area contributed by atoms with Crippen LogP contribution in [-0.4, -0.2) is 162 Å². The van der Waals surface area contributed by atoms with Crippen LogP contribution in [-0.2, 0) is 33.6 Å². The average molecular weight is 1540 g/mol. The van der Waals surface area contributed by atoms with Crippen molar-refractivity contribution in [1.29, 1.82) is 0 Å². The number of aliphatic imine (C=N–C) groups is 1. The number of piperidine rings is 4. The first kappa shape index (κ1) is 79.8. The summed E-state index contributed by atoms with van der Waals surface area (Å²) in [4.78, 5) is 99.7. The van der Waals surface area contributed by atoms with Gasteiger partial charge in [0.15, 0.2) is 5.78 Å². The van der Waals surface area contributed by atoms with E-state index in [0.29, 0.717) is 62.7 Å². The van der Waals surface area contributed by atoms with E-state index in [9.17, 15) is 33.6 Å². The average Bonchev–Trinajstić information content (AvgIpc) is 1.44. The number of rotatable bonds is 14. The number of anilines is 2. The molecule has 0 radical (unpaired) electrons. The molecule has 0 saturated carbocycles. The van der Waals surface area contributed by atoms with Crippen LogP contribution < -0.4 is 25.6 Å². The van der Waals surface area contributed by atoms with E-state index < -0.39 is 23.8 Å². The molecule has 6 aromatic carbocycles. The second-order valence-corrected chi connectivity index (χ2v) is 32.9. The van der Waals surface area contributed by atoms with Crippen LogP contribution in [0, 0.1) is 40.5 Å². The van der Waals surface area contributed by atoms with Crippen molar-refractivity contribution >= 4 is 116 Å². The molecule has 5 saturated heterocycles. The van der Waals surface area contributed by atoms with Crippen LogP contribution in [0.25, 0.3) is 0 Å². The van der Waals surface area contributed by atoms with Gasteiger partial charge in [-0.25, -0.2) is 0 Å². The van der Waals surface area contributed by atoms with Crippen molar-refractivity contribution in [3.8, 4) is 5.75 Å². The molecular weight excluding hydrogens is 1440 g/mol. The molecule has 2 bridgehead atoms. The fraction of sp³-hybridized carbons (Fsp3) is 0.476. The Kier molecular flexibility index (Phi) is 26.7. The molecule has 17 nitrogen and oxygen atoms in total. The number of aryl methyl sites for hydroxylation is 7. The second kappa shape index (κ2) is 35.4. The summed E-state index contributed by atoms with van der Waals surface area (Å²) in [5.74, 6) is 0.711. The van der Waals surface area contributed by atoms with E-state index in [2.05, 4.69) is 71.7 Å². The van der Waals surface area contributed by atoms with Gasteiger partial charge in [-0.05, 0) is 264 Å². The standard InChI is InChI=1S/C24H29Cl2N3O2.C20H26N2O.C14H20ClNO.C14H12N2O4.C12H13Cl2N/c1-17-14-20(25)24(26)22(15-17)29-11-9-28(10-12-29)8-2-3-13-31-19-6-4-18-5-7-23(30)27-21(18)16-19;1-13-9-15-3-2-4-16-11-22(20(23)17(10-13)19(15)16)18-12-21-7-5-14(18)6-8-21;1-9-6-11(8-12(15)7-9)13(17)10(2)16-14(3,4)5;1-7-2-3-8-9(6-7)14(20)16(13(8)19)10-4-5-11(17)15-12(10)18;1-8-5-11(13)10(12(14)6-8)7-9-3-2-4-15-9/h4,6,14-16H,2-3,5,7-13H2,1H3,(H,27,30);9-10,14,16,18H,2-8,11-12H2,1H3;6-8,10,16H,1-5H3;2-3,6,10H,4-5H2,1H3,(H,15,17,18);5-6H,2-4,7H2,1H3/t;16-,18?;;;/m.0.../s1. The molecular formula is C84H100Cl5N9O8. The lowest BCUT2D eigenvalue weighted by molar-refractivity contribution is -0.136. The van der Waals surface area contributed by atoms with E-state index in [1.807, 2.05) is 97.9 Å². The molecule has 6 amide bonds. The number of nitrogens with zero attached hydrogens (tertiary/aromatic N) is 6. The maximum atomic E-state index is 13.3. The van der Waals surface area contributed by atoms with Gasteiger partial charge in [0.05, 0.1) is 39.5 Å². The van der Waals surface area contributed by atoms with Crippen molar-refractivity contribution in [2.45, 2.75) is 182 Å². The maximum Gasteiger partial charge on any atom is 0.262 e. The molecule has 0 aromatic heterocycles. The highest BCUT2D eigenvalue weighted by molar-refractivity contribution is 6.44. The number of amides is 6. The summed E-state index contributed by atoms with van der Waals surface area (Å²) in [5.41, 5.74) is 15.8. The fourth-order valence-electron chi connectivity index (χ4n) is 16.1. The van der Waals surface area contributed by atoms with E-state index in [1.54, 1.807) is 24.3 Å². The highest BCUT2D eigenvalue weighted by Gasteiger charge is 2.46. The fourth-order valence-corrected chi connectivity index (χ4v) is 17.7. The van der Waals surface area contributed by atoms with Gasteiger partial charge >= 0.3 is 0 Å². The predicted molar refractivity (Wildman–Crippen MR) is 426 cm³/mol. The quantitative estimate of drug-likeness (QED) is 0.0532. The van der Waals surface area contributed by atoms with Crippen LogP contribution in [0.2, 0.25) is 25.1 Å². The van der Waals surface area contributed by atoms with Gasteiger partial charge in [-0.15, -0.1) is 0 Å². The lowest BCUT2D eigenvalue weighted by atomic mass is 9.75. The highest BCUT2D eigenvalue weighted by atomic mass is 35.5. The van der Waals surface area contributed by atoms with Crippen LogP contribution in [0.1, 0.15) is 196 Å². The summed E-state index contributed by atoms with van der Waals surface area (Å²) in [6.07, 6.45) is 13.1. The molecule has 4 atom stereocenters. The van der Waals surface area contributed by atoms with Gasteiger partial charge in [0.1, 0.15) is 11.8 Å². The lowest BCUT2D eigenvalue weighted by Gasteiger charge is -2.51. The number of piperazine rings is 1. The van der Waals surface area contributed by atoms with Gasteiger partial charge in [-0.2, -0.15) is 0 Å².